The number of nitrogens with zero attached hydrogens (tertiary/aromatic N) is 1. The van der Waals surface area contributed by atoms with Crippen LogP contribution in [0.15, 0.2) is 98.3 Å². The highest BCUT2D eigenvalue weighted by Gasteiger charge is 2.16. The zero-order chi connectivity index (χ0) is 17.9. The van der Waals surface area contributed by atoms with Gasteiger partial charge in [0.05, 0.1) is 5.39 Å². The highest BCUT2D eigenvalue weighted by Crippen LogP contribution is 2.29. The van der Waals surface area contributed by atoms with E-state index in [2.05, 4.69) is 4.98 Å². The molecule has 0 saturated heterocycles. The second-order valence-corrected chi connectivity index (χ2v) is 6.77. The summed E-state index contributed by atoms with van der Waals surface area (Å²) in [5, 5.41) is 0.386. The van der Waals surface area contributed by atoms with E-state index in [0.29, 0.717) is 16.5 Å². The summed E-state index contributed by atoms with van der Waals surface area (Å²) in [5.74, 6) is -0.392. The molecule has 2 heterocycles. The number of hydrogen-bond donors (Lipinski definition) is 0. The van der Waals surface area contributed by atoms with E-state index < -0.39 is 5.78 Å². The second-order valence-electron chi connectivity index (χ2n) is 5.62. The van der Waals surface area contributed by atoms with Gasteiger partial charge in [-0.1, -0.05) is 30.0 Å². The highest BCUT2D eigenvalue weighted by atomic mass is 32.2. The molecule has 0 radical (unpaired) electrons. The van der Waals surface area contributed by atoms with Crippen LogP contribution < -0.4 is 5.43 Å². The normalized spacial score (nSPS) is 10.8. The van der Waals surface area contributed by atoms with Gasteiger partial charge in [-0.25, -0.2) is 0 Å². The van der Waals surface area contributed by atoms with Crippen molar-refractivity contribution in [1.82, 2.24) is 4.98 Å². The van der Waals surface area contributed by atoms with Gasteiger partial charge in [-0.05, 0) is 42.5 Å². The summed E-state index contributed by atoms with van der Waals surface area (Å²) >= 11 is 1.58. The molecule has 0 amide bonds. The highest BCUT2D eigenvalue weighted by molar-refractivity contribution is 7.99. The van der Waals surface area contributed by atoms with Crippen molar-refractivity contribution < 1.29 is 9.21 Å². The topological polar surface area (TPSA) is 60.2 Å². The molecule has 0 aliphatic rings. The van der Waals surface area contributed by atoms with Gasteiger partial charge >= 0.3 is 0 Å². The number of ketones is 1. The Hall–Kier alpha value is -3.18. The minimum Gasteiger partial charge on any atom is -0.463 e. The largest absolute Gasteiger partial charge is 0.463 e. The molecule has 4 rings (SSSR count). The Morgan fingerprint density at radius 1 is 0.962 bits per heavy atom. The molecule has 0 fully saturated rings. The lowest BCUT2D eigenvalue weighted by Gasteiger charge is -2.05. The predicted molar refractivity (Wildman–Crippen MR) is 101 cm³/mol. The molecule has 2 aromatic heterocycles. The third-order valence-corrected chi connectivity index (χ3v) is 4.89. The number of hydrogen-bond acceptors (Lipinski definition) is 5. The van der Waals surface area contributed by atoms with Crippen molar-refractivity contribution in [3.05, 3.63) is 101 Å². The summed E-state index contributed by atoms with van der Waals surface area (Å²) in [4.78, 5) is 31.2. The van der Waals surface area contributed by atoms with Gasteiger partial charge in [0.1, 0.15) is 17.4 Å². The molecule has 0 bridgehead atoms. The average Bonchev–Trinajstić information content (AvgIpc) is 2.69. The van der Waals surface area contributed by atoms with E-state index in [1.54, 1.807) is 36.2 Å². The summed E-state index contributed by atoms with van der Waals surface area (Å²) in [6.07, 6.45) is 4.24. The van der Waals surface area contributed by atoms with E-state index in [1.165, 1.54) is 12.5 Å². The van der Waals surface area contributed by atoms with Crippen molar-refractivity contribution in [3.8, 4) is 0 Å². The van der Waals surface area contributed by atoms with Gasteiger partial charge in [-0.2, -0.15) is 0 Å². The monoisotopic (exact) mass is 359 g/mol. The van der Waals surface area contributed by atoms with Gasteiger partial charge in [-0.3, -0.25) is 14.6 Å². The van der Waals surface area contributed by atoms with Crippen LogP contribution in [0.1, 0.15) is 15.9 Å². The maximum atomic E-state index is 12.7. The predicted octanol–water partition coefficient (Wildman–Crippen LogP) is 4.57. The Kier molecular flexibility index (Phi) is 4.37. The SMILES string of the molecule is O=C(c1cccnc1)c1coc2cc(Sc3ccccc3)ccc2c1=O. The van der Waals surface area contributed by atoms with E-state index in [4.69, 9.17) is 4.42 Å². The first-order valence-electron chi connectivity index (χ1n) is 7.95. The number of rotatable bonds is 4. The Balaban J connectivity index is 1.72. The zero-order valence-electron chi connectivity index (χ0n) is 13.6. The van der Waals surface area contributed by atoms with Crippen LogP contribution in [-0.4, -0.2) is 10.8 Å². The van der Waals surface area contributed by atoms with Crippen LogP contribution in [0.4, 0.5) is 0 Å². The fourth-order valence-electron chi connectivity index (χ4n) is 2.61. The quantitative estimate of drug-likeness (QED) is 0.500. The van der Waals surface area contributed by atoms with Crippen LogP contribution in [0.3, 0.4) is 0 Å². The van der Waals surface area contributed by atoms with Crippen LogP contribution in [0.25, 0.3) is 11.0 Å². The van der Waals surface area contributed by atoms with E-state index in [9.17, 15) is 9.59 Å². The Morgan fingerprint density at radius 3 is 2.58 bits per heavy atom. The molecule has 2 aromatic carbocycles. The smallest absolute Gasteiger partial charge is 0.203 e. The third-order valence-electron chi connectivity index (χ3n) is 3.89. The molecule has 26 heavy (non-hydrogen) atoms. The number of carbonyl (C=O) groups excluding carboxylic acids is 1. The van der Waals surface area contributed by atoms with Crippen molar-refractivity contribution in [3.63, 3.8) is 0 Å². The van der Waals surface area contributed by atoms with Crippen LogP contribution in [0, 0.1) is 0 Å². The van der Waals surface area contributed by atoms with E-state index >= 15 is 0 Å². The first-order chi connectivity index (χ1) is 12.7. The van der Waals surface area contributed by atoms with E-state index in [0.717, 1.165) is 9.79 Å². The molecule has 0 aliphatic carbocycles. The number of pyridine rings is 1. The van der Waals surface area contributed by atoms with E-state index in [1.807, 2.05) is 42.5 Å². The van der Waals surface area contributed by atoms with Gasteiger partial charge in [-0.15, -0.1) is 0 Å². The van der Waals surface area contributed by atoms with Crippen molar-refractivity contribution in [1.29, 1.82) is 0 Å². The zero-order valence-corrected chi connectivity index (χ0v) is 14.4. The van der Waals surface area contributed by atoms with Crippen molar-refractivity contribution in [2.45, 2.75) is 9.79 Å². The molecule has 5 heteroatoms. The lowest BCUT2D eigenvalue weighted by atomic mass is 10.1. The van der Waals surface area contributed by atoms with Crippen molar-refractivity contribution in [2.24, 2.45) is 0 Å². The molecule has 0 saturated carbocycles. The van der Waals surface area contributed by atoms with Crippen LogP contribution in [-0.2, 0) is 0 Å². The Morgan fingerprint density at radius 2 is 1.81 bits per heavy atom. The minimum atomic E-state index is -0.392. The molecule has 0 N–H and O–H groups in total. The molecule has 4 aromatic rings. The van der Waals surface area contributed by atoms with Gasteiger partial charge in [0.2, 0.25) is 11.2 Å². The summed E-state index contributed by atoms with van der Waals surface area (Å²) in [6, 6.07) is 18.6. The van der Waals surface area contributed by atoms with Crippen LogP contribution >= 0.6 is 11.8 Å². The average molecular weight is 359 g/mol. The van der Waals surface area contributed by atoms with Gasteiger partial charge in [0.15, 0.2) is 0 Å². The fourth-order valence-corrected chi connectivity index (χ4v) is 3.47. The third kappa shape index (κ3) is 3.17. The Bertz CT molecular complexity index is 1140. The second kappa shape index (κ2) is 6.98. The fraction of sp³-hybridized carbons (Fsp3) is 0. The molecular formula is C21H13NO3S. The van der Waals surface area contributed by atoms with Crippen LogP contribution in [0.2, 0.25) is 0 Å². The molecule has 4 nitrogen and oxygen atoms in total. The minimum absolute atomic E-state index is 0.00830. The number of benzene rings is 2. The summed E-state index contributed by atoms with van der Waals surface area (Å²) in [5.41, 5.74) is 0.486. The van der Waals surface area contributed by atoms with Crippen molar-refractivity contribution in [2.75, 3.05) is 0 Å². The molecule has 0 spiro atoms. The molecular weight excluding hydrogens is 346 g/mol. The molecule has 0 aliphatic heterocycles. The number of carbonyl (C=O) groups is 1. The standard InChI is InChI=1S/C21H13NO3S/c23-20(14-5-4-10-22-12-14)18-13-25-19-11-16(8-9-17(19)21(18)24)26-15-6-2-1-3-7-15/h1-13H. The number of aromatic nitrogens is 1. The lowest BCUT2D eigenvalue weighted by molar-refractivity contribution is 0.103. The molecule has 126 valence electrons. The van der Waals surface area contributed by atoms with Crippen LogP contribution in [0.5, 0.6) is 0 Å². The Labute approximate surface area is 153 Å². The lowest BCUT2D eigenvalue weighted by Crippen LogP contribution is -2.15. The summed E-state index contributed by atoms with van der Waals surface area (Å²) in [7, 11) is 0. The molecule has 0 atom stereocenters. The summed E-state index contributed by atoms with van der Waals surface area (Å²) < 4.78 is 5.59. The van der Waals surface area contributed by atoms with Gasteiger partial charge in [0, 0.05) is 27.7 Å². The first kappa shape index (κ1) is 16.3. The first-order valence-corrected chi connectivity index (χ1v) is 8.77. The summed E-state index contributed by atoms with van der Waals surface area (Å²) in [6.45, 7) is 0. The van der Waals surface area contributed by atoms with E-state index in [-0.39, 0.29) is 11.0 Å². The maximum absolute atomic E-state index is 12.7. The van der Waals surface area contributed by atoms with Crippen molar-refractivity contribution >= 4 is 28.5 Å². The maximum Gasteiger partial charge on any atom is 0.203 e. The molecule has 0 unspecified atom stereocenters. The van der Waals surface area contributed by atoms with Gasteiger partial charge in [0.25, 0.3) is 0 Å². The number of fused-ring (bicyclic) bond motifs is 1. The van der Waals surface area contributed by atoms with Gasteiger partial charge < -0.3 is 4.42 Å².